The normalized spacial score (nSPS) is 35.9. The Hall–Kier alpha value is -0.830. The molecule has 2 aliphatic rings. The molecular weight excluding hydrogens is 190 g/mol. The zero-order valence-electron chi connectivity index (χ0n) is 9.29. The van der Waals surface area contributed by atoms with Crippen molar-refractivity contribution in [3.63, 3.8) is 0 Å². The topological polar surface area (TPSA) is 52.3 Å². The van der Waals surface area contributed by atoms with Gasteiger partial charge in [0, 0.05) is 6.42 Å². The number of carbonyl (C=O) groups excluding carboxylic acids is 1. The Morgan fingerprint density at radius 1 is 1.67 bits per heavy atom. The van der Waals surface area contributed by atoms with Crippen LogP contribution >= 0.6 is 0 Å². The van der Waals surface area contributed by atoms with Gasteiger partial charge in [0.1, 0.15) is 0 Å². The molecule has 2 rings (SSSR count). The summed E-state index contributed by atoms with van der Waals surface area (Å²) in [5.74, 6) is 1.08. The molecule has 84 valence electrons. The molecule has 15 heavy (non-hydrogen) atoms. The average molecular weight is 209 g/mol. The number of nitrogens with two attached hydrogens (primary N) is 1. The Labute approximate surface area is 90.7 Å². The Kier molecular flexibility index (Phi) is 2.83. The maximum absolute atomic E-state index is 12.1. The van der Waals surface area contributed by atoms with E-state index >= 15 is 0 Å². The summed E-state index contributed by atoms with van der Waals surface area (Å²) >= 11 is 0. The van der Waals surface area contributed by atoms with Gasteiger partial charge in [-0.25, -0.2) is 0 Å². The predicted molar refractivity (Wildman–Crippen MR) is 58.2 cm³/mol. The van der Waals surface area contributed by atoms with Crippen molar-refractivity contribution in [1.82, 2.24) is 0 Å². The fraction of sp³-hybridized carbons (Fsp3) is 0.750. The first-order valence-corrected chi connectivity index (χ1v) is 5.78. The molecule has 3 heteroatoms. The molecule has 0 aromatic rings. The van der Waals surface area contributed by atoms with Gasteiger partial charge in [0.25, 0.3) is 0 Å². The number of ketones is 1. The smallest absolute Gasteiger partial charge is 0.216 e. The highest BCUT2D eigenvalue weighted by molar-refractivity contribution is 6.01. The molecule has 0 spiro atoms. The fourth-order valence-electron chi connectivity index (χ4n) is 2.62. The maximum atomic E-state index is 12.1. The van der Waals surface area contributed by atoms with Crippen LogP contribution in [0.1, 0.15) is 39.0 Å². The molecule has 0 bridgehead atoms. The monoisotopic (exact) mass is 209 g/mol. The summed E-state index contributed by atoms with van der Waals surface area (Å²) < 4.78 is 5.30. The van der Waals surface area contributed by atoms with Crippen LogP contribution in [0.15, 0.2) is 11.8 Å². The average Bonchev–Trinajstić information content (AvgIpc) is 2.68. The fourth-order valence-corrected chi connectivity index (χ4v) is 2.62. The molecule has 1 fully saturated rings. The quantitative estimate of drug-likeness (QED) is 0.754. The van der Waals surface area contributed by atoms with E-state index in [-0.39, 0.29) is 5.78 Å². The van der Waals surface area contributed by atoms with Crippen molar-refractivity contribution < 1.29 is 9.53 Å². The second-order valence-electron chi connectivity index (χ2n) is 4.89. The first kappa shape index (κ1) is 10.7. The van der Waals surface area contributed by atoms with Gasteiger partial charge in [-0.1, -0.05) is 19.8 Å². The van der Waals surface area contributed by atoms with E-state index in [1.54, 1.807) is 0 Å². The molecular formula is C12H19NO2. The molecule has 0 amide bonds. The minimum absolute atomic E-state index is 0.0200. The van der Waals surface area contributed by atoms with E-state index in [1.807, 2.05) is 6.08 Å². The van der Waals surface area contributed by atoms with Gasteiger partial charge in [-0.2, -0.15) is 0 Å². The lowest BCUT2D eigenvalue weighted by Crippen LogP contribution is -2.51. The standard InChI is InChI=1S/C12H19NO2/c1-9-4-2-6-12(13,8-9)11(14)10-5-3-7-15-10/h5,9H,2-4,6-8,13H2,1H3. The minimum atomic E-state index is -0.659. The predicted octanol–water partition coefficient (Wildman–Crippen LogP) is 1.77. The zero-order chi connectivity index (χ0) is 10.9. The maximum Gasteiger partial charge on any atom is 0.216 e. The first-order chi connectivity index (χ1) is 7.12. The van der Waals surface area contributed by atoms with Crippen molar-refractivity contribution in [1.29, 1.82) is 0 Å². The van der Waals surface area contributed by atoms with Gasteiger partial charge in [-0.15, -0.1) is 0 Å². The van der Waals surface area contributed by atoms with Crippen LogP contribution in [0, 0.1) is 5.92 Å². The third kappa shape index (κ3) is 2.07. The lowest BCUT2D eigenvalue weighted by molar-refractivity contribution is -0.125. The number of carbonyl (C=O) groups is 1. The molecule has 0 saturated heterocycles. The number of hydrogen-bond acceptors (Lipinski definition) is 3. The summed E-state index contributed by atoms with van der Waals surface area (Å²) in [7, 11) is 0. The summed E-state index contributed by atoms with van der Waals surface area (Å²) in [5.41, 5.74) is 5.54. The van der Waals surface area contributed by atoms with Gasteiger partial charge < -0.3 is 10.5 Å². The van der Waals surface area contributed by atoms with Crippen LogP contribution < -0.4 is 5.73 Å². The van der Waals surface area contributed by atoms with Crippen LogP contribution in [-0.4, -0.2) is 17.9 Å². The molecule has 2 atom stereocenters. The molecule has 3 nitrogen and oxygen atoms in total. The molecule has 1 heterocycles. The highest BCUT2D eigenvalue weighted by atomic mass is 16.5. The largest absolute Gasteiger partial charge is 0.490 e. The molecule has 0 aromatic carbocycles. The Morgan fingerprint density at radius 3 is 3.07 bits per heavy atom. The van der Waals surface area contributed by atoms with E-state index in [4.69, 9.17) is 10.5 Å². The summed E-state index contributed by atoms with van der Waals surface area (Å²) in [6.45, 7) is 2.80. The van der Waals surface area contributed by atoms with Crippen molar-refractivity contribution in [2.24, 2.45) is 11.7 Å². The molecule has 0 aromatic heterocycles. The van der Waals surface area contributed by atoms with Crippen LogP contribution in [0.25, 0.3) is 0 Å². The van der Waals surface area contributed by atoms with Crippen LogP contribution in [0.4, 0.5) is 0 Å². The molecule has 2 unspecified atom stereocenters. The molecule has 1 saturated carbocycles. The molecule has 1 aliphatic heterocycles. The van der Waals surface area contributed by atoms with Gasteiger partial charge in [0.2, 0.25) is 5.78 Å². The van der Waals surface area contributed by atoms with Gasteiger partial charge in [-0.05, 0) is 24.8 Å². The van der Waals surface area contributed by atoms with Crippen molar-refractivity contribution in [2.45, 2.75) is 44.6 Å². The first-order valence-electron chi connectivity index (χ1n) is 5.78. The van der Waals surface area contributed by atoms with E-state index in [0.29, 0.717) is 18.3 Å². The number of ether oxygens (including phenoxy) is 1. The van der Waals surface area contributed by atoms with E-state index in [2.05, 4.69) is 6.92 Å². The van der Waals surface area contributed by atoms with E-state index < -0.39 is 5.54 Å². The van der Waals surface area contributed by atoms with E-state index in [1.165, 1.54) is 6.42 Å². The minimum Gasteiger partial charge on any atom is -0.490 e. The van der Waals surface area contributed by atoms with Crippen molar-refractivity contribution in [3.05, 3.63) is 11.8 Å². The molecule has 2 N–H and O–H groups in total. The van der Waals surface area contributed by atoms with E-state index in [0.717, 1.165) is 25.7 Å². The lowest BCUT2D eigenvalue weighted by Gasteiger charge is -2.35. The highest BCUT2D eigenvalue weighted by Gasteiger charge is 2.40. The van der Waals surface area contributed by atoms with Crippen molar-refractivity contribution >= 4 is 5.78 Å². The van der Waals surface area contributed by atoms with Crippen LogP contribution in [0.5, 0.6) is 0 Å². The third-order valence-electron chi connectivity index (χ3n) is 3.41. The van der Waals surface area contributed by atoms with Gasteiger partial charge >= 0.3 is 0 Å². The SMILES string of the molecule is CC1CCCC(N)(C(=O)C2=CCCO2)C1. The summed E-state index contributed by atoms with van der Waals surface area (Å²) in [4.78, 5) is 12.1. The van der Waals surface area contributed by atoms with Crippen LogP contribution in [-0.2, 0) is 9.53 Å². The van der Waals surface area contributed by atoms with Crippen LogP contribution in [0.2, 0.25) is 0 Å². The van der Waals surface area contributed by atoms with Crippen LogP contribution in [0.3, 0.4) is 0 Å². The summed E-state index contributed by atoms with van der Waals surface area (Å²) in [6, 6.07) is 0. The van der Waals surface area contributed by atoms with Gasteiger partial charge in [-0.3, -0.25) is 4.79 Å². The number of Topliss-reactive ketones (excluding diaryl/α,β-unsaturated/α-hetero) is 1. The number of rotatable bonds is 2. The Bertz CT molecular complexity index is 298. The van der Waals surface area contributed by atoms with E-state index in [9.17, 15) is 4.79 Å². The molecule has 0 radical (unpaired) electrons. The highest BCUT2D eigenvalue weighted by Crippen LogP contribution is 2.33. The van der Waals surface area contributed by atoms with Gasteiger partial charge in [0.15, 0.2) is 5.76 Å². The second kappa shape index (κ2) is 3.97. The summed E-state index contributed by atoms with van der Waals surface area (Å²) in [5, 5.41) is 0. The number of hydrogen-bond donors (Lipinski definition) is 1. The summed E-state index contributed by atoms with van der Waals surface area (Å²) in [6.07, 6.45) is 6.55. The van der Waals surface area contributed by atoms with Crippen molar-refractivity contribution in [3.8, 4) is 0 Å². The second-order valence-corrected chi connectivity index (χ2v) is 4.89. The van der Waals surface area contributed by atoms with Crippen molar-refractivity contribution in [2.75, 3.05) is 6.61 Å². The Morgan fingerprint density at radius 2 is 2.47 bits per heavy atom. The Balaban J connectivity index is 2.10. The zero-order valence-corrected chi connectivity index (χ0v) is 9.29. The lowest BCUT2D eigenvalue weighted by atomic mass is 9.74. The molecule has 1 aliphatic carbocycles. The van der Waals surface area contributed by atoms with Gasteiger partial charge in [0.05, 0.1) is 12.1 Å². The third-order valence-corrected chi connectivity index (χ3v) is 3.41.